The molecule has 2 atom stereocenters. The molecule has 1 amide bonds. The van der Waals surface area contributed by atoms with E-state index in [2.05, 4.69) is 15.9 Å². The number of ether oxygens (including phenoxy) is 2. The summed E-state index contributed by atoms with van der Waals surface area (Å²) in [5, 5.41) is 0.447. The number of hydrogen-bond acceptors (Lipinski definition) is 3. The van der Waals surface area contributed by atoms with Crippen LogP contribution >= 0.6 is 27.5 Å². The SMILES string of the molecule is COC1CN(C(=O)c2cc(Br)ccc2Cl)CC1OC. The minimum absolute atomic E-state index is 0.0973. The fraction of sp³-hybridized carbons (Fsp3) is 0.462. The lowest BCUT2D eigenvalue weighted by molar-refractivity contribution is -0.00461. The molecule has 104 valence electrons. The standard InChI is InChI=1S/C13H15BrClNO3/c1-18-11-6-16(7-12(11)19-2)13(17)9-5-8(14)3-4-10(9)15/h3-5,11-12H,6-7H2,1-2H3. The molecule has 4 nitrogen and oxygen atoms in total. The zero-order chi connectivity index (χ0) is 14.0. The van der Waals surface area contributed by atoms with Gasteiger partial charge in [0, 0.05) is 31.8 Å². The molecule has 1 aromatic rings. The van der Waals surface area contributed by atoms with Crippen LogP contribution in [0.5, 0.6) is 0 Å². The van der Waals surface area contributed by atoms with Gasteiger partial charge in [-0.3, -0.25) is 4.79 Å². The van der Waals surface area contributed by atoms with E-state index in [4.69, 9.17) is 21.1 Å². The van der Waals surface area contributed by atoms with Gasteiger partial charge < -0.3 is 14.4 Å². The molecule has 0 radical (unpaired) electrons. The molecule has 0 N–H and O–H groups in total. The lowest BCUT2D eigenvalue weighted by Crippen LogP contribution is -2.30. The Bertz CT molecular complexity index is 471. The van der Waals surface area contributed by atoms with Crippen LogP contribution in [0.2, 0.25) is 5.02 Å². The Morgan fingerprint density at radius 1 is 1.32 bits per heavy atom. The minimum Gasteiger partial charge on any atom is -0.377 e. The van der Waals surface area contributed by atoms with Crippen molar-refractivity contribution in [1.29, 1.82) is 0 Å². The summed E-state index contributed by atoms with van der Waals surface area (Å²) in [7, 11) is 3.24. The summed E-state index contributed by atoms with van der Waals surface area (Å²) >= 11 is 9.42. The Morgan fingerprint density at radius 2 is 1.89 bits per heavy atom. The van der Waals surface area contributed by atoms with Crippen LogP contribution in [-0.2, 0) is 9.47 Å². The summed E-state index contributed by atoms with van der Waals surface area (Å²) < 4.78 is 11.5. The lowest BCUT2D eigenvalue weighted by atomic mass is 10.2. The molecular formula is C13H15BrClNO3. The molecule has 1 fully saturated rings. The van der Waals surface area contributed by atoms with Gasteiger partial charge in [-0.05, 0) is 18.2 Å². The zero-order valence-corrected chi connectivity index (χ0v) is 13.1. The molecule has 1 saturated heterocycles. The van der Waals surface area contributed by atoms with Crippen molar-refractivity contribution in [3.63, 3.8) is 0 Å². The smallest absolute Gasteiger partial charge is 0.255 e. The van der Waals surface area contributed by atoms with E-state index in [1.54, 1.807) is 37.3 Å². The molecule has 0 spiro atoms. The maximum atomic E-state index is 12.5. The Labute approximate surface area is 125 Å². The second kappa shape index (κ2) is 6.22. The van der Waals surface area contributed by atoms with Crippen molar-refractivity contribution in [2.45, 2.75) is 12.2 Å². The van der Waals surface area contributed by atoms with Crippen molar-refractivity contribution in [3.05, 3.63) is 33.3 Å². The van der Waals surface area contributed by atoms with Crippen LogP contribution in [0.25, 0.3) is 0 Å². The third-order valence-corrected chi connectivity index (χ3v) is 4.09. The highest BCUT2D eigenvalue weighted by atomic mass is 79.9. The van der Waals surface area contributed by atoms with Crippen molar-refractivity contribution in [3.8, 4) is 0 Å². The summed E-state index contributed by atoms with van der Waals surface area (Å²) in [6.07, 6.45) is -0.195. The van der Waals surface area contributed by atoms with Gasteiger partial charge in [-0.25, -0.2) is 0 Å². The first-order valence-electron chi connectivity index (χ1n) is 5.86. The van der Waals surface area contributed by atoms with Crippen LogP contribution in [0.1, 0.15) is 10.4 Å². The lowest BCUT2D eigenvalue weighted by Gasteiger charge is -2.16. The second-order valence-corrected chi connectivity index (χ2v) is 5.71. The number of halogens is 2. The Morgan fingerprint density at radius 3 is 2.42 bits per heavy atom. The molecule has 0 aliphatic carbocycles. The van der Waals surface area contributed by atoms with Gasteiger partial charge in [0.15, 0.2) is 0 Å². The topological polar surface area (TPSA) is 38.8 Å². The molecular weight excluding hydrogens is 334 g/mol. The fourth-order valence-electron chi connectivity index (χ4n) is 2.19. The number of carbonyl (C=O) groups is 1. The highest BCUT2D eigenvalue weighted by Gasteiger charge is 2.36. The summed E-state index contributed by atoms with van der Waals surface area (Å²) in [5.74, 6) is -0.104. The van der Waals surface area contributed by atoms with Crippen LogP contribution in [-0.4, -0.2) is 50.3 Å². The number of methoxy groups -OCH3 is 2. The number of hydrogen-bond donors (Lipinski definition) is 0. The molecule has 2 unspecified atom stereocenters. The normalized spacial score (nSPS) is 22.8. The second-order valence-electron chi connectivity index (χ2n) is 4.38. The molecule has 1 heterocycles. The molecule has 0 bridgehead atoms. The molecule has 1 aliphatic rings. The zero-order valence-electron chi connectivity index (χ0n) is 10.7. The van der Waals surface area contributed by atoms with Crippen LogP contribution in [0.15, 0.2) is 22.7 Å². The predicted octanol–water partition coefficient (Wildman–Crippen LogP) is 2.59. The van der Waals surface area contributed by atoms with E-state index >= 15 is 0 Å². The van der Waals surface area contributed by atoms with Gasteiger partial charge in [-0.15, -0.1) is 0 Å². The number of benzene rings is 1. The monoisotopic (exact) mass is 347 g/mol. The summed E-state index contributed by atoms with van der Waals surface area (Å²) in [6.45, 7) is 1.02. The van der Waals surface area contributed by atoms with E-state index in [9.17, 15) is 4.79 Å². The van der Waals surface area contributed by atoms with Crippen LogP contribution in [0, 0.1) is 0 Å². The van der Waals surface area contributed by atoms with Crippen molar-refractivity contribution in [1.82, 2.24) is 4.90 Å². The molecule has 2 rings (SSSR count). The van der Waals surface area contributed by atoms with Crippen molar-refractivity contribution < 1.29 is 14.3 Å². The first-order valence-corrected chi connectivity index (χ1v) is 7.03. The van der Waals surface area contributed by atoms with E-state index in [1.807, 2.05) is 0 Å². The number of rotatable bonds is 3. The summed E-state index contributed by atoms with van der Waals surface area (Å²) in [4.78, 5) is 14.2. The maximum absolute atomic E-state index is 12.5. The highest BCUT2D eigenvalue weighted by molar-refractivity contribution is 9.10. The third kappa shape index (κ3) is 3.11. The van der Waals surface area contributed by atoms with Gasteiger partial charge in [0.25, 0.3) is 5.91 Å². The Hall–Kier alpha value is -0.620. The number of amides is 1. The van der Waals surface area contributed by atoms with E-state index in [0.717, 1.165) is 4.47 Å². The van der Waals surface area contributed by atoms with Crippen LogP contribution in [0.3, 0.4) is 0 Å². The first-order chi connectivity index (χ1) is 9.06. The molecule has 6 heteroatoms. The first kappa shape index (κ1) is 14.8. The molecule has 1 aromatic carbocycles. The van der Waals surface area contributed by atoms with Gasteiger partial charge in [0.1, 0.15) is 12.2 Å². The number of likely N-dealkylation sites (tertiary alicyclic amines) is 1. The Kier molecular flexibility index (Phi) is 4.84. The third-order valence-electron chi connectivity index (χ3n) is 3.27. The molecule has 0 aromatic heterocycles. The van der Waals surface area contributed by atoms with E-state index in [0.29, 0.717) is 23.7 Å². The predicted molar refractivity (Wildman–Crippen MR) is 76.6 cm³/mol. The van der Waals surface area contributed by atoms with Gasteiger partial charge in [0.2, 0.25) is 0 Å². The largest absolute Gasteiger partial charge is 0.377 e. The van der Waals surface area contributed by atoms with Crippen molar-refractivity contribution in [2.75, 3.05) is 27.3 Å². The van der Waals surface area contributed by atoms with E-state index in [-0.39, 0.29) is 18.1 Å². The van der Waals surface area contributed by atoms with Crippen LogP contribution < -0.4 is 0 Å². The molecule has 1 aliphatic heterocycles. The quantitative estimate of drug-likeness (QED) is 0.843. The van der Waals surface area contributed by atoms with Crippen LogP contribution in [0.4, 0.5) is 0 Å². The molecule has 0 saturated carbocycles. The average Bonchev–Trinajstić information content (AvgIpc) is 2.84. The van der Waals surface area contributed by atoms with Gasteiger partial charge in [-0.2, -0.15) is 0 Å². The number of nitrogens with zero attached hydrogens (tertiary/aromatic N) is 1. The van der Waals surface area contributed by atoms with Crippen molar-refractivity contribution in [2.24, 2.45) is 0 Å². The average molecular weight is 349 g/mol. The van der Waals surface area contributed by atoms with Gasteiger partial charge in [0.05, 0.1) is 10.6 Å². The minimum atomic E-state index is -0.104. The van der Waals surface area contributed by atoms with Crippen molar-refractivity contribution >= 4 is 33.4 Å². The Balaban J connectivity index is 2.19. The summed E-state index contributed by atoms with van der Waals surface area (Å²) in [5.41, 5.74) is 0.489. The highest BCUT2D eigenvalue weighted by Crippen LogP contribution is 2.25. The van der Waals surface area contributed by atoms with E-state index < -0.39 is 0 Å². The fourth-order valence-corrected chi connectivity index (χ4v) is 2.75. The van der Waals surface area contributed by atoms with E-state index in [1.165, 1.54) is 0 Å². The number of carbonyl (C=O) groups excluding carboxylic acids is 1. The summed E-state index contributed by atoms with van der Waals surface area (Å²) in [6, 6.07) is 5.24. The molecule has 19 heavy (non-hydrogen) atoms. The van der Waals surface area contributed by atoms with Gasteiger partial charge >= 0.3 is 0 Å². The maximum Gasteiger partial charge on any atom is 0.255 e. The van der Waals surface area contributed by atoms with Gasteiger partial charge in [-0.1, -0.05) is 27.5 Å².